The minimum absolute atomic E-state index is 0.210. The summed E-state index contributed by atoms with van der Waals surface area (Å²) < 4.78 is 7.77. The molecule has 1 amide bonds. The summed E-state index contributed by atoms with van der Waals surface area (Å²) in [6.45, 7) is 2.13. The second kappa shape index (κ2) is 8.84. The first-order valence-corrected chi connectivity index (χ1v) is 10.7. The van der Waals surface area contributed by atoms with E-state index in [0.29, 0.717) is 13.0 Å². The number of rotatable bonds is 6. The van der Waals surface area contributed by atoms with Crippen LogP contribution in [0, 0.1) is 0 Å². The summed E-state index contributed by atoms with van der Waals surface area (Å²) in [5.74, 6) is 1.86. The van der Waals surface area contributed by atoms with Gasteiger partial charge in [-0.3, -0.25) is 14.3 Å². The fourth-order valence-electron chi connectivity index (χ4n) is 3.56. The van der Waals surface area contributed by atoms with E-state index in [0.717, 1.165) is 67.7 Å². The van der Waals surface area contributed by atoms with Crippen LogP contribution < -0.4 is 0 Å². The molecule has 27 heavy (non-hydrogen) atoms. The van der Waals surface area contributed by atoms with Crippen molar-refractivity contribution in [2.24, 2.45) is 0 Å². The van der Waals surface area contributed by atoms with Gasteiger partial charge in [-0.15, -0.1) is 10.2 Å². The molecule has 2 aromatic rings. The van der Waals surface area contributed by atoms with E-state index in [9.17, 15) is 4.79 Å². The van der Waals surface area contributed by atoms with Crippen molar-refractivity contribution in [2.45, 2.75) is 56.3 Å². The SMILES string of the molecule is O=C1CCCCCN1Cc1nnc(SCC2CCCO2)n1-c1cccnc1. The second-order valence-corrected chi connectivity index (χ2v) is 8.00. The van der Waals surface area contributed by atoms with Crippen LogP contribution in [0.1, 0.15) is 44.3 Å². The zero-order chi connectivity index (χ0) is 18.5. The largest absolute Gasteiger partial charge is 0.377 e. The van der Waals surface area contributed by atoms with E-state index in [1.54, 1.807) is 18.0 Å². The smallest absolute Gasteiger partial charge is 0.222 e. The van der Waals surface area contributed by atoms with Gasteiger partial charge < -0.3 is 9.64 Å². The van der Waals surface area contributed by atoms with Gasteiger partial charge in [-0.2, -0.15) is 0 Å². The second-order valence-electron chi connectivity index (χ2n) is 7.02. The summed E-state index contributed by atoms with van der Waals surface area (Å²) in [6, 6.07) is 3.91. The number of aromatic nitrogens is 4. The Balaban J connectivity index is 1.57. The van der Waals surface area contributed by atoms with Crippen molar-refractivity contribution >= 4 is 17.7 Å². The van der Waals surface area contributed by atoms with Gasteiger partial charge in [-0.25, -0.2) is 0 Å². The highest BCUT2D eigenvalue weighted by Gasteiger charge is 2.23. The van der Waals surface area contributed by atoms with Crippen LogP contribution >= 0.6 is 11.8 Å². The lowest BCUT2D eigenvalue weighted by atomic mass is 10.2. The zero-order valence-corrected chi connectivity index (χ0v) is 16.2. The van der Waals surface area contributed by atoms with E-state index in [1.807, 2.05) is 27.8 Å². The predicted octanol–water partition coefficient (Wildman–Crippen LogP) is 2.84. The number of nitrogens with zero attached hydrogens (tertiary/aromatic N) is 5. The molecule has 0 bridgehead atoms. The summed E-state index contributed by atoms with van der Waals surface area (Å²) in [7, 11) is 0. The van der Waals surface area contributed by atoms with E-state index in [2.05, 4.69) is 15.2 Å². The maximum absolute atomic E-state index is 12.4. The van der Waals surface area contributed by atoms with Gasteiger partial charge in [0.05, 0.1) is 24.5 Å². The number of ether oxygens (including phenoxy) is 1. The van der Waals surface area contributed by atoms with E-state index >= 15 is 0 Å². The average molecular weight is 388 g/mol. The normalized spacial score (nSPS) is 20.8. The number of hydrogen-bond acceptors (Lipinski definition) is 6. The third-order valence-corrected chi connectivity index (χ3v) is 6.09. The molecule has 2 aliphatic rings. The van der Waals surface area contributed by atoms with Crippen LogP contribution in [0.4, 0.5) is 0 Å². The fraction of sp³-hybridized carbons (Fsp3) is 0.579. The molecule has 0 aliphatic carbocycles. The van der Waals surface area contributed by atoms with Crippen molar-refractivity contribution in [1.82, 2.24) is 24.6 Å². The van der Waals surface area contributed by atoms with Crippen LogP contribution in [0.5, 0.6) is 0 Å². The van der Waals surface area contributed by atoms with Crippen LogP contribution in [0.25, 0.3) is 5.69 Å². The molecule has 0 radical (unpaired) electrons. The minimum atomic E-state index is 0.210. The molecular weight excluding hydrogens is 362 g/mol. The molecule has 4 rings (SSSR count). The highest BCUT2D eigenvalue weighted by molar-refractivity contribution is 7.99. The summed E-state index contributed by atoms with van der Waals surface area (Å²) in [5.41, 5.74) is 0.926. The van der Waals surface area contributed by atoms with Gasteiger partial charge >= 0.3 is 0 Å². The Morgan fingerprint density at radius 3 is 3.00 bits per heavy atom. The summed E-state index contributed by atoms with van der Waals surface area (Å²) in [5, 5.41) is 9.68. The number of thioether (sulfide) groups is 1. The standard InChI is InChI=1S/C19H25N5O2S/c25-18-8-2-1-3-10-23(18)13-17-21-22-19(27-14-16-7-5-11-26-16)24(17)15-6-4-9-20-12-15/h4,6,9,12,16H,1-3,5,7-8,10-11,13-14H2. The highest BCUT2D eigenvalue weighted by Crippen LogP contribution is 2.26. The van der Waals surface area contributed by atoms with E-state index < -0.39 is 0 Å². The molecule has 8 heteroatoms. The van der Waals surface area contributed by atoms with Gasteiger partial charge in [0.1, 0.15) is 0 Å². The van der Waals surface area contributed by atoms with E-state index in [1.165, 1.54) is 0 Å². The minimum Gasteiger partial charge on any atom is -0.377 e. The lowest BCUT2D eigenvalue weighted by Gasteiger charge is -2.20. The van der Waals surface area contributed by atoms with Crippen molar-refractivity contribution in [3.8, 4) is 5.69 Å². The van der Waals surface area contributed by atoms with Crippen molar-refractivity contribution in [3.05, 3.63) is 30.4 Å². The molecule has 0 N–H and O–H groups in total. The van der Waals surface area contributed by atoms with Gasteiger partial charge in [0, 0.05) is 31.5 Å². The van der Waals surface area contributed by atoms with Crippen LogP contribution in [0.3, 0.4) is 0 Å². The molecule has 4 heterocycles. The van der Waals surface area contributed by atoms with Crippen LogP contribution in [0.2, 0.25) is 0 Å². The van der Waals surface area contributed by atoms with Crippen LogP contribution in [-0.4, -0.2) is 55.6 Å². The Morgan fingerprint density at radius 1 is 1.22 bits per heavy atom. The third kappa shape index (κ3) is 4.50. The van der Waals surface area contributed by atoms with Crippen LogP contribution in [-0.2, 0) is 16.1 Å². The summed E-state index contributed by atoms with van der Waals surface area (Å²) in [6.07, 6.45) is 9.84. The Kier molecular flexibility index (Phi) is 6.03. The fourth-order valence-corrected chi connectivity index (χ4v) is 4.60. The molecule has 0 aromatic carbocycles. The lowest BCUT2D eigenvalue weighted by Crippen LogP contribution is -2.31. The number of hydrogen-bond donors (Lipinski definition) is 0. The molecule has 1 atom stereocenters. The molecule has 144 valence electrons. The predicted molar refractivity (Wildman–Crippen MR) is 103 cm³/mol. The molecule has 2 aromatic heterocycles. The molecule has 7 nitrogen and oxygen atoms in total. The van der Waals surface area contributed by atoms with Gasteiger partial charge in [-0.05, 0) is 37.8 Å². The van der Waals surface area contributed by atoms with E-state index in [-0.39, 0.29) is 12.0 Å². The Bertz CT molecular complexity index is 761. The van der Waals surface area contributed by atoms with Crippen LogP contribution in [0.15, 0.2) is 29.7 Å². The first-order chi connectivity index (χ1) is 13.3. The van der Waals surface area contributed by atoms with Crippen molar-refractivity contribution in [2.75, 3.05) is 18.9 Å². The Hall–Kier alpha value is -1.93. The molecule has 2 saturated heterocycles. The first-order valence-electron chi connectivity index (χ1n) is 9.68. The number of carbonyl (C=O) groups is 1. The number of likely N-dealkylation sites (tertiary alicyclic amines) is 1. The molecule has 0 spiro atoms. The van der Waals surface area contributed by atoms with Crippen molar-refractivity contribution < 1.29 is 9.53 Å². The average Bonchev–Trinajstić information content (AvgIpc) is 3.30. The quantitative estimate of drug-likeness (QED) is 0.710. The Morgan fingerprint density at radius 2 is 2.19 bits per heavy atom. The third-order valence-electron chi connectivity index (χ3n) is 5.03. The van der Waals surface area contributed by atoms with Gasteiger partial charge in [0.15, 0.2) is 11.0 Å². The Labute approximate surface area is 163 Å². The topological polar surface area (TPSA) is 73.1 Å². The first kappa shape index (κ1) is 18.4. The lowest BCUT2D eigenvalue weighted by molar-refractivity contribution is -0.131. The molecule has 2 aliphatic heterocycles. The van der Waals surface area contributed by atoms with Crippen molar-refractivity contribution in [1.29, 1.82) is 0 Å². The van der Waals surface area contributed by atoms with E-state index in [4.69, 9.17) is 4.74 Å². The maximum Gasteiger partial charge on any atom is 0.222 e. The van der Waals surface area contributed by atoms with Crippen molar-refractivity contribution in [3.63, 3.8) is 0 Å². The molecule has 1 unspecified atom stereocenters. The highest BCUT2D eigenvalue weighted by atomic mass is 32.2. The van der Waals surface area contributed by atoms with Gasteiger partial charge in [0.2, 0.25) is 5.91 Å². The summed E-state index contributed by atoms with van der Waals surface area (Å²) in [4.78, 5) is 18.6. The zero-order valence-electron chi connectivity index (χ0n) is 15.4. The molecule has 0 saturated carbocycles. The number of pyridine rings is 1. The van der Waals surface area contributed by atoms with Gasteiger partial charge in [0.25, 0.3) is 0 Å². The number of carbonyl (C=O) groups excluding carboxylic acids is 1. The molecule has 2 fully saturated rings. The summed E-state index contributed by atoms with van der Waals surface area (Å²) >= 11 is 1.66. The molecular formula is C19H25N5O2S. The maximum atomic E-state index is 12.4. The van der Waals surface area contributed by atoms with Gasteiger partial charge in [-0.1, -0.05) is 18.2 Å². The monoisotopic (exact) mass is 387 g/mol. The number of amides is 1.